The van der Waals surface area contributed by atoms with Gasteiger partial charge in [-0.15, -0.1) is 0 Å². The van der Waals surface area contributed by atoms with Gasteiger partial charge in [-0.3, -0.25) is 9.69 Å². The molecule has 0 radical (unpaired) electrons. The minimum absolute atomic E-state index is 0.0937. The molecule has 98 valence electrons. The molecule has 4 heteroatoms. The molecule has 1 N–H and O–H groups in total. The van der Waals surface area contributed by atoms with Gasteiger partial charge in [0.05, 0.1) is 6.04 Å². The molecule has 2 aliphatic heterocycles. The molecule has 17 heavy (non-hydrogen) atoms. The Morgan fingerprint density at radius 2 is 1.82 bits per heavy atom. The van der Waals surface area contributed by atoms with E-state index in [2.05, 4.69) is 31.0 Å². The maximum Gasteiger partial charge on any atom is 0.239 e. The molecule has 1 amide bonds. The van der Waals surface area contributed by atoms with E-state index in [1.54, 1.807) is 0 Å². The normalized spacial score (nSPS) is 27.5. The molecule has 0 aromatic heterocycles. The second-order valence-electron chi connectivity index (χ2n) is 6.13. The molecule has 0 aromatic carbocycles. The molecule has 1 atom stereocenters. The Hall–Kier alpha value is -0.610. The second kappa shape index (κ2) is 4.94. The van der Waals surface area contributed by atoms with Crippen LogP contribution in [-0.4, -0.2) is 60.0 Å². The van der Waals surface area contributed by atoms with Gasteiger partial charge in [0.2, 0.25) is 5.91 Å². The fourth-order valence-electron chi connectivity index (χ4n) is 2.71. The molecule has 0 aromatic rings. The van der Waals surface area contributed by atoms with Crippen LogP contribution in [0.25, 0.3) is 0 Å². The summed E-state index contributed by atoms with van der Waals surface area (Å²) in [6.45, 7) is 11.5. The molecule has 2 saturated heterocycles. The van der Waals surface area contributed by atoms with Crippen molar-refractivity contribution < 1.29 is 4.79 Å². The average molecular weight is 239 g/mol. The number of nitrogens with zero attached hydrogens (tertiary/aromatic N) is 2. The monoisotopic (exact) mass is 239 g/mol. The molecule has 0 aliphatic carbocycles. The van der Waals surface area contributed by atoms with Crippen LogP contribution in [0.3, 0.4) is 0 Å². The third-order valence-electron chi connectivity index (χ3n) is 3.90. The van der Waals surface area contributed by atoms with Crippen molar-refractivity contribution in [3.8, 4) is 0 Å². The first-order valence-corrected chi connectivity index (χ1v) is 6.76. The summed E-state index contributed by atoms with van der Waals surface area (Å²) >= 11 is 0. The van der Waals surface area contributed by atoms with Crippen LogP contribution in [0.5, 0.6) is 0 Å². The molecule has 2 rings (SSSR count). The molecule has 2 aliphatic rings. The summed E-state index contributed by atoms with van der Waals surface area (Å²) in [6.07, 6.45) is 2.15. The van der Waals surface area contributed by atoms with E-state index in [-0.39, 0.29) is 11.6 Å². The van der Waals surface area contributed by atoms with E-state index in [0.717, 1.165) is 45.6 Å². The van der Waals surface area contributed by atoms with Gasteiger partial charge in [0.15, 0.2) is 0 Å². The first-order valence-electron chi connectivity index (χ1n) is 6.76. The van der Waals surface area contributed by atoms with Gasteiger partial charge >= 0.3 is 0 Å². The van der Waals surface area contributed by atoms with Crippen molar-refractivity contribution in [2.24, 2.45) is 0 Å². The van der Waals surface area contributed by atoms with Crippen LogP contribution < -0.4 is 5.32 Å². The predicted molar refractivity (Wildman–Crippen MR) is 68.9 cm³/mol. The highest BCUT2D eigenvalue weighted by atomic mass is 16.2. The van der Waals surface area contributed by atoms with Crippen molar-refractivity contribution in [3.05, 3.63) is 0 Å². The highest BCUT2D eigenvalue weighted by molar-refractivity contribution is 5.82. The first kappa shape index (κ1) is 12.8. The third kappa shape index (κ3) is 2.99. The van der Waals surface area contributed by atoms with Crippen molar-refractivity contribution in [1.29, 1.82) is 0 Å². The fourth-order valence-corrected chi connectivity index (χ4v) is 2.71. The maximum absolute atomic E-state index is 12.2. The molecule has 0 unspecified atom stereocenters. The molecule has 0 spiro atoms. The quantitative estimate of drug-likeness (QED) is 0.731. The Kier molecular flexibility index (Phi) is 3.73. The van der Waals surface area contributed by atoms with E-state index < -0.39 is 0 Å². The highest BCUT2D eigenvalue weighted by Gasteiger charge is 2.31. The van der Waals surface area contributed by atoms with E-state index in [0.29, 0.717) is 5.91 Å². The predicted octanol–water partition coefficient (Wildman–Crippen LogP) is 0.681. The van der Waals surface area contributed by atoms with Gasteiger partial charge < -0.3 is 10.2 Å². The number of carbonyl (C=O) groups is 1. The lowest BCUT2D eigenvalue weighted by molar-refractivity contribution is -0.135. The number of hydrogen-bond donors (Lipinski definition) is 1. The number of amides is 1. The number of rotatable bonds is 1. The zero-order chi connectivity index (χ0) is 12.5. The van der Waals surface area contributed by atoms with Gasteiger partial charge in [-0.25, -0.2) is 0 Å². The average Bonchev–Trinajstić information content (AvgIpc) is 2.80. The summed E-state index contributed by atoms with van der Waals surface area (Å²) in [6, 6.07) is 0.0937. The Morgan fingerprint density at radius 1 is 1.18 bits per heavy atom. The molecule has 0 saturated carbocycles. The van der Waals surface area contributed by atoms with Crippen LogP contribution in [-0.2, 0) is 4.79 Å². The summed E-state index contributed by atoms with van der Waals surface area (Å²) in [4.78, 5) is 16.7. The van der Waals surface area contributed by atoms with Crippen LogP contribution in [0.4, 0.5) is 0 Å². The van der Waals surface area contributed by atoms with Gasteiger partial charge in [0.25, 0.3) is 0 Å². The molecular formula is C13H25N3O. The molecular weight excluding hydrogens is 214 g/mol. The lowest BCUT2D eigenvalue weighted by Gasteiger charge is -2.42. The molecule has 2 fully saturated rings. The zero-order valence-electron chi connectivity index (χ0n) is 11.3. The maximum atomic E-state index is 12.2. The molecule has 2 heterocycles. The Balaban J connectivity index is 1.84. The standard InChI is InChI=1S/C13H25N3O/c1-13(2,3)16-9-7-15(8-10-16)12(17)11-5-4-6-14-11/h11,14H,4-10H2,1-3H3/t11-/m0/s1. The lowest BCUT2D eigenvalue weighted by atomic mass is 10.0. The van der Waals surface area contributed by atoms with Crippen molar-refractivity contribution >= 4 is 5.91 Å². The van der Waals surface area contributed by atoms with Gasteiger partial charge in [-0.2, -0.15) is 0 Å². The number of nitrogens with one attached hydrogen (secondary N) is 1. The fraction of sp³-hybridized carbons (Fsp3) is 0.923. The highest BCUT2D eigenvalue weighted by Crippen LogP contribution is 2.17. The van der Waals surface area contributed by atoms with Gasteiger partial charge in [-0.05, 0) is 40.2 Å². The van der Waals surface area contributed by atoms with E-state index in [1.807, 2.05) is 4.90 Å². The van der Waals surface area contributed by atoms with Crippen LogP contribution in [0.15, 0.2) is 0 Å². The summed E-state index contributed by atoms with van der Waals surface area (Å²) in [5.41, 5.74) is 0.223. The van der Waals surface area contributed by atoms with Gasteiger partial charge in [0.1, 0.15) is 0 Å². The van der Waals surface area contributed by atoms with E-state index in [1.165, 1.54) is 0 Å². The van der Waals surface area contributed by atoms with E-state index in [4.69, 9.17) is 0 Å². The summed E-state index contributed by atoms with van der Waals surface area (Å²) in [5, 5.41) is 3.29. The van der Waals surface area contributed by atoms with Crippen molar-refractivity contribution in [2.45, 2.75) is 45.2 Å². The Morgan fingerprint density at radius 3 is 2.29 bits per heavy atom. The van der Waals surface area contributed by atoms with Crippen LogP contribution in [0, 0.1) is 0 Å². The number of hydrogen-bond acceptors (Lipinski definition) is 3. The molecule has 4 nitrogen and oxygen atoms in total. The summed E-state index contributed by atoms with van der Waals surface area (Å²) in [7, 11) is 0. The number of piperazine rings is 1. The van der Waals surface area contributed by atoms with Crippen LogP contribution in [0.1, 0.15) is 33.6 Å². The zero-order valence-corrected chi connectivity index (χ0v) is 11.3. The van der Waals surface area contributed by atoms with E-state index >= 15 is 0 Å². The summed E-state index contributed by atoms with van der Waals surface area (Å²) < 4.78 is 0. The van der Waals surface area contributed by atoms with Crippen LogP contribution >= 0.6 is 0 Å². The topological polar surface area (TPSA) is 35.6 Å². The number of carbonyl (C=O) groups excluding carboxylic acids is 1. The Labute approximate surface area is 104 Å². The third-order valence-corrected chi connectivity index (χ3v) is 3.90. The first-order chi connectivity index (χ1) is 7.98. The molecule has 0 bridgehead atoms. The van der Waals surface area contributed by atoms with Gasteiger partial charge in [-0.1, -0.05) is 0 Å². The van der Waals surface area contributed by atoms with Crippen molar-refractivity contribution in [1.82, 2.24) is 15.1 Å². The second-order valence-corrected chi connectivity index (χ2v) is 6.13. The van der Waals surface area contributed by atoms with E-state index in [9.17, 15) is 4.79 Å². The lowest BCUT2D eigenvalue weighted by Crippen LogP contribution is -2.57. The Bertz CT molecular complexity index is 271. The van der Waals surface area contributed by atoms with Crippen molar-refractivity contribution in [3.63, 3.8) is 0 Å². The minimum atomic E-state index is 0.0937. The largest absolute Gasteiger partial charge is 0.339 e. The van der Waals surface area contributed by atoms with Gasteiger partial charge in [0, 0.05) is 31.7 Å². The smallest absolute Gasteiger partial charge is 0.239 e. The summed E-state index contributed by atoms with van der Waals surface area (Å²) in [5.74, 6) is 0.316. The minimum Gasteiger partial charge on any atom is -0.339 e. The van der Waals surface area contributed by atoms with Crippen molar-refractivity contribution in [2.75, 3.05) is 32.7 Å². The SMILES string of the molecule is CC(C)(C)N1CCN(C(=O)[C@@H]2CCCN2)CC1. The van der Waals surface area contributed by atoms with Crippen LogP contribution in [0.2, 0.25) is 0 Å².